The maximum absolute atomic E-state index is 12.4. The second-order valence-electron chi connectivity index (χ2n) is 4.66. The van der Waals surface area contributed by atoms with Gasteiger partial charge in [-0.3, -0.25) is 9.59 Å². The number of ether oxygens (including phenoxy) is 1. The minimum atomic E-state index is -0.610. The van der Waals surface area contributed by atoms with Crippen molar-refractivity contribution in [3.8, 4) is 5.75 Å². The van der Waals surface area contributed by atoms with E-state index >= 15 is 0 Å². The van der Waals surface area contributed by atoms with Crippen LogP contribution in [-0.2, 0) is 4.79 Å². The molecule has 0 radical (unpaired) electrons. The molecular weight excluding hydrogens is 304 g/mol. The molecule has 0 aliphatic rings. The predicted octanol–water partition coefficient (Wildman–Crippen LogP) is 2.76. The van der Waals surface area contributed by atoms with Gasteiger partial charge >= 0.3 is 0 Å². The summed E-state index contributed by atoms with van der Waals surface area (Å²) in [5.41, 5.74) is 6.85. The molecule has 5 nitrogen and oxygen atoms in total. The minimum Gasteiger partial charge on any atom is -0.483 e. The number of carbonyl (C=O) groups excluding carboxylic acids is 2. The van der Waals surface area contributed by atoms with E-state index in [2.05, 4.69) is 5.32 Å². The Morgan fingerprint density at radius 2 is 1.95 bits per heavy atom. The number of primary amides is 1. The van der Waals surface area contributed by atoms with Crippen molar-refractivity contribution in [1.82, 2.24) is 0 Å². The van der Waals surface area contributed by atoms with Crippen LogP contribution in [0.4, 0.5) is 5.69 Å². The van der Waals surface area contributed by atoms with Crippen LogP contribution in [0.1, 0.15) is 15.9 Å². The average molecular weight is 319 g/mol. The van der Waals surface area contributed by atoms with Gasteiger partial charge in [0.2, 0.25) is 0 Å². The zero-order chi connectivity index (χ0) is 16.1. The molecule has 22 heavy (non-hydrogen) atoms. The number of rotatable bonds is 5. The van der Waals surface area contributed by atoms with Crippen LogP contribution in [0, 0.1) is 6.92 Å². The van der Waals surface area contributed by atoms with Crippen molar-refractivity contribution in [3.63, 3.8) is 0 Å². The summed E-state index contributed by atoms with van der Waals surface area (Å²) in [4.78, 5) is 23.2. The van der Waals surface area contributed by atoms with Crippen molar-refractivity contribution in [2.24, 2.45) is 5.73 Å². The lowest BCUT2D eigenvalue weighted by atomic mass is 10.1. The van der Waals surface area contributed by atoms with E-state index in [0.717, 1.165) is 5.56 Å². The molecule has 2 amide bonds. The maximum atomic E-state index is 12.4. The largest absolute Gasteiger partial charge is 0.483 e. The smallest absolute Gasteiger partial charge is 0.259 e. The van der Waals surface area contributed by atoms with Gasteiger partial charge in [-0.15, -0.1) is 0 Å². The monoisotopic (exact) mass is 318 g/mol. The number of hydrogen-bond donors (Lipinski definition) is 2. The summed E-state index contributed by atoms with van der Waals surface area (Å²) in [5.74, 6) is -0.676. The van der Waals surface area contributed by atoms with Crippen LogP contribution in [-0.4, -0.2) is 18.4 Å². The van der Waals surface area contributed by atoms with Gasteiger partial charge in [-0.25, -0.2) is 0 Å². The van der Waals surface area contributed by atoms with Crippen LogP contribution in [0.5, 0.6) is 5.75 Å². The van der Waals surface area contributed by atoms with Crippen LogP contribution in [0.25, 0.3) is 0 Å². The van der Waals surface area contributed by atoms with E-state index in [9.17, 15) is 9.59 Å². The van der Waals surface area contributed by atoms with Gasteiger partial charge in [-0.1, -0.05) is 29.8 Å². The first-order chi connectivity index (χ1) is 10.5. The molecule has 0 aromatic heterocycles. The summed E-state index contributed by atoms with van der Waals surface area (Å²) >= 11 is 5.93. The van der Waals surface area contributed by atoms with Crippen LogP contribution in [0.3, 0.4) is 0 Å². The third-order valence-electron chi connectivity index (χ3n) is 2.95. The molecule has 0 spiro atoms. The van der Waals surface area contributed by atoms with Crippen molar-refractivity contribution in [2.45, 2.75) is 6.92 Å². The quantitative estimate of drug-likeness (QED) is 0.889. The Bertz CT molecular complexity index is 716. The molecule has 0 unspecified atom stereocenters. The molecule has 0 saturated heterocycles. The highest BCUT2D eigenvalue weighted by atomic mass is 35.5. The summed E-state index contributed by atoms with van der Waals surface area (Å²) < 4.78 is 5.25. The van der Waals surface area contributed by atoms with Gasteiger partial charge < -0.3 is 15.8 Å². The van der Waals surface area contributed by atoms with Crippen molar-refractivity contribution >= 4 is 29.1 Å². The van der Waals surface area contributed by atoms with Gasteiger partial charge in [-0.2, -0.15) is 0 Å². The van der Waals surface area contributed by atoms with E-state index in [1.165, 1.54) is 0 Å². The van der Waals surface area contributed by atoms with E-state index in [0.29, 0.717) is 22.0 Å². The molecule has 0 bridgehead atoms. The van der Waals surface area contributed by atoms with Crippen molar-refractivity contribution in [3.05, 3.63) is 58.6 Å². The fourth-order valence-electron chi connectivity index (χ4n) is 1.85. The number of aryl methyl sites for hydroxylation is 1. The van der Waals surface area contributed by atoms with Gasteiger partial charge in [0, 0.05) is 10.7 Å². The normalized spacial score (nSPS) is 10.1. The zero-order valence-corrected chi connectivity index (χ0v) is 12.7. The van der Waals surface area contributed by atoms with Gasteiger partial charge in [0.05, 0.1) is 5.56 Å². The van der Waals surface area contributed by atoms with Gasteiger partial charge in [0.15, 0.2) is 6.61 Å². The van der Waals surface area contributed by atoms with Gasteiger partial charge in [-0.05, 0) is 36.8 Å². The highest BCUT2D eigenvalue weighted by Gasteiger charge is 2.14. The standard InChI is InChI=1S/C16H15ClN2O3/c1-10-6-7-11(17)8-13(10)19-16(21)12-4-2-3-5-14(12)22-9-15(18)20/h2-8H,9H2,1H3,(H2,18,20)(H,19,21). The zero-order valence-electron chi connectivity index (χ0n) is 11.9. The molecule has 0 saturated carbocycles. The van der Waals surface area contributed by atoms with E-state index in [1.54, 1.807) is 36.4 Å². The molecule has 0 heterocycles. The molecule has 0 atom stereocenters. The molecule has 0 fully saturated rings. The molecule has 6 heteroatoms. The first-order valence-electron chi connectivity index (χ1n) is 6.55. The first kappa shape index (κ1) is 15.9. The Morgan fingerprint density at radius 1 is 1.23 bits per heavy atom. The summed E-state index contributed by atoms with van der Waals surface area (Å²) in [6, 6.07) is 11.8. The van der Waals surface area contributed by atoms with E-state index in [-0.39, 0.29) is 12.5 Å². The number of benzene rings is 2. The molecule has 2 rings (SSSR count). The molecule has 0 aliphatic heterocycles. The number of carbonyl (C=O) groups is 2. The molecule has 0 aliphatic carbocycles. The summed E-state index contributed by atoms with van der Waals surface area (Å²) in [7, 11) is 0. The minimum absolute atomic E-state index is 0.290. The Hall–Kier alpha value is -2.53. The van der Waals surface area contributed by atoms with Crippen LogP contribution in [0.15, 0.2) is 42.5 Å². The Balaban J connectivity index is 2.22. The second kappa shape index (κ2) is 6.95. The summed E-state index contributed by atoms with van der Waals surface area (Å²) in [6.07, 6.45) is 0. The summed E-state index contributed by atoms with van der Waals surface area (Å²) in [5, 5.41) is 3.30. The number of nitrogens with one attached hydrogen (secondary N) is 1. The second-order valence-corrected chi connectivity index (χ2v) is 5.10. The number of para-hydroxylation sites is 1. The van der Waals surface area contributed by atoms with Crippen LogP contribution < -0.4 is 15.8 Å². The summed E-state index contributed by atoms with van der Waals surface area (Å²) in [6.45, 7) is 1.57. The van der Waals surface area contributed by atoms with Crippen molar-refractivity contribution in [1.29, 1.82) is 0 Å². The molecule has 2 aromatic rings. The van der Waals surface area contributed by atoms with E-state index in [4.69, 9.17) is 22.1 Å². The van der Waals surface area contributed by atoms with E-state index in [1.807, 2.05) is 13.0 Å². The molecular formula is C16H15ClN2O3. The Labute approximate surface area is 133 Å². The fraction of sp³-hybridized carbons (Fsp3) is 0.125. The lowest BCUT2D eigenvalue weighted by molar-refractivity contribution is -0.119. The lowest BCUT2D eigenvalue weighted by Gasteiger charge is -2.12. The number of nitrogens with two attached hydrogens (primary N) is 1. The molecule has 3 N–H and O–H groups in total. The first-order valence-corrected chi connectivity index (χ1v) is 6.93. The van der Waals surface area contributed by atoms with Gasteiger partial charge in [0.25, 0.3) is 11.8 Å². The Kier molecular flexibility index (Phi) is 5.01. The number of halogens is 1. The number of amides is 2. The maximum Gasteiger partial charge on any atom is 0.259 e. The van der Waals surface area contributed by atoms with Crippen molar-refractivity contribution < 1.29 is 14.3 Å². The number of hydrogen-bond acceptors (Lipinski definition) is 3. The Morgan fingerprint density at radius 3 is 2.68 bits per heavy atom. The van der Waals surface area contributed by atoms with Crippen molar-refractivity contribution in [2.75, 3.05) is 11.9 Å². The van der Waals surface area contributed by atoms with Gasteiger partial charge in [0.1, 0.15) is 5.75 Å². The lowest BCUT2D eigenvalue weighted by Crippen LogP contribution is -2.21. The third kappa shape index (κ3) is 3.99. The van der Waals surface area contributed by atoms with Crippen LogP contribution >= 0.6 is 11.6 Å². The number of anilines is 1. The van der Waals surface area contributed by atoms with Crippen LogP contribution in [0.2, 0.25) is 5.02 Å². The average Bonchev–Trinajstić information content (AvgIpc) is 2.49. The SMILES string of the molecule is Cc1ccc(Cl)cc1NC(=O)c1ccccc1OCC(N)=O. The molecule has 114 valence electrons. The highest BCUT2D eigenvalue weighted by molar-refractivity contribution is 6.31. The third-order valence-corrected chi connectivity index (χ3v) is 3.18. The topological polar surface area (TPSA) is 81.4 Å². The highest BCUT2D eigenvalue weighted by Crippen LogP contribution is 2.23. The van der Waals surface area contributed by atoms with E-state index < -0.39 is 5.91 Å². The predicted molar refractivity (Wildman–Crippen MR) is 85.3 cm³/mol. The molecule has 2 aromatic carbocycles. The fourth-order valence-corrected chi connectivity index (χ4v) is 2.02.